The molecule has 1 saturated heterocycles. The maximum Gasteiger partial charge on any atom is 0.130 e. The summed E-state index contributed by atoms with van der Waals surface area (Å²) in [4.78, 5) is 6.92. The molecule has 0 atom stereocenters. The number of aromatic nitrogens is 3. The first-order valence-corrected chi connectivity index (χ1v) is 8.72. The molecule has 0 saturated carbocycles. The van der Waals surface area contributed by atoms with Crippen LogP contribution in [0.4, 0.5) is 5.82 Å². The molecule has 128 valence electrons. The van der Waals surface area contributed by atoms with Crippen LogP contribution in [0, 0.1) is 5.92 Å². The zero-order valence-electron chi connectivity index (χ0n) is 14.5. The number of nitrogens with zero attached hydrogens (tertiary/aromatic N) is 3. The van der Waals surface area contributed by atoms with Gasteiger partial charge in [-0.25, -0.2) is 4.98 Å². The molecule has 0 radical (unpaired) electrons. The lowest BCUT2D eigenvalue weighted by Crippen LogP contribution is -2.31. The molecule has 0 unspecified atom stereocenters. The number of piperidine rings is 1. The van der Waals surface area contributed by atoms with Gasteiger partial charge in [-0.3, -0.25) is 5.10 Å². The number of rotatable bonds is 4. The Morgan fingerprint density at radius 3 is 2.76 bits per heavy atom. The van der Waals surface area contributed by atoms with Crippen LogP contribution in [0.1, 0.15) is 12.8 Å². The van der Waals surface area contributed by atoms with Crippen molar-refractivity contribution in [2.24, 2.45) is 5.92 Å². The monoisotopic (exact) mass is 333 g/mol. The normalized spacial score (nSPS) is 16.2. The first-order chi connectivity index (χ1) is 12.2. The van der Waals surface area contributed by atoms with Gasteiger partial charge in [-0.2, -0.15) is 5.10 Å². The van der Waals surface area contributed by atoms with Crippen molar-refractivity contribution in [1.82, 2.24) is 20.1 Å². The first-order valence-electron chi connectivity index (χ1n) is 8.72. The average Bonchev–Trinajstić information content (AvgIpc) is 3.16. The lowest BCUT2D eigenvalue weighted by Gasteiger charge is -2.30. The number of aromatic amines is 1. The van der Waals surface area contributed by atoms with Crippen LogP contribution in [0.5, 0.6) is 0 Å². The molecule has 4 rings (SSSR count). The van der Waals surface area contributed by atoms with Crippen molar-refractivity contribution in [2.75, 3.05) is 25.5 Å². The Bertz CT molecular complexity index is 876. The van der Waals surface area contributed by atoms with Crippen LogP contribution in [0.25, 0.3) is 21.9 Å². The van der Waals surface area contributed by atoms with Gasteiger partial charge in [0.25, 0.3) is 0 Å². The Morgan fingerprint density at radius 2 is 2.00 bits per heavy atom. The Hall–Kier alpha value is -2.66. The largest absolute Gasteiger partial charge is 0.344 e. The van der Waals surface area contributed by atoms with Crippen LogP contribution >= 0.6 is 0 Å². The summed E-state index contributed by atoms with van der Waals surface area (Å²) in [7, 11) is 2.18. The van der Waals surface area contributed by atoms with E-state index in [-0.39, 0.29) is 0 Å². The smallest absolute Gasteiger partial charge is 0.130 e. The van der Waals surface area contributed by atoms with Crippen molar-refractivity contribution in [3.05, 3.63) is 55.1 Å². The topological polar surface area (TPSA) is 56.8 Å². The Labute approximate surface area is 147 Å². The third kappa shape index (κ3) is 3.42. The van der Waals surface area contributed by atoms with Gasteiger partial charge >= 0.3 is 0 Å². The van der Waals surface area contributed by atoms with Crippen molar-refractivity contribution in [2.45, 2.75) is 12.8 Å². The standard InChI is InChI=1S/C20H23N5/c1-14(15-5-7-25(2)8-6-15)24-20-10-18-9-16(19-12-22-23-13-19)3-4-17(18)11-21-20/h3-4,9-13,15H,1,5-8H2,2H3,(H,21,24)(H,22,23). The summed E-state index contributed by atoms with van der Waals surface area (Å²) in [6.07, 6.45) is 7.97. The number of allylic oxidation sites excluding steroid dienone is 1. The Morgan fingerprint density at radius 1 is 1.16 bits per heavy atom. The molecule has 3 aromatic rings. The van der Waals surface area contributed by atoms with Crippen molar-refractivity contribution >= 4 is 16.6 Å². The van der Waals surface area contributed by atoms with Gasteiger partial charge in [-0.15, -0.1) is 0 Å². The fraction of sp³-hybridized carbons (Fsp3) is 0.300. The number of fused-ring (bicyclic) bond motifs is 1. The van der Waals surface area contributed by atoms with Crippen LogP contribution in [-0.4, -0.2) is 40.2 Å². The van der Waals surface area contributed by atoms with Gasteiger partial charge in [0.05, 0.1) is 6.20 Å². The maximum atomic E-state index is 4.55. The molecule has 0 spiro atoms. The van der Waals surface area contributed by atoms with E-state index in [2.05, 4.69) is 63.3 Å². The fourth-order valence-electron chi connectivity index (χ4n) is 3.42. The van der Waals surface area contributed by atoms with Crippen LogP contribution in [-0.2, 0) is 0 Å². The molecule has 0 amide bonds. The highest BCUT2D eigenvalue weighted by Gasteiger charge is 2.19. The molecule has 0 aliphatic carbocycles. The summed E-state index contributed by atoms with van der Waals surface area (Å²) < 4.78 is 0. The lowest BCUT2D eigenvalue weighted by molar-refractivity contribution is 0.239. The molecular weight excluding hydrogens is 310 g/mol. The van der Waals surface area contributed by atoms with E-state index in [4.69, 9.17) is 0 Å². The van der Waals surface area contributed by atoms with Crippen molar-refractivity contribution in [3.63, 3.8) is 0 Å². The van der Waals surface area contributed by atoms with Crippen LogP contribution in [0.2, 0.25) is 0 Å². The van der Waals surface area contributed by atoms with Gasteiger partial charge in [0.1, 0.15) is 5.82 Å². The predicted molar refractivity (Wildman–Crippen MR) is 102 cm³/mol. The molecule has 1 aliphatic heterocycles. The zero-order chi connectivity index (χ0) is 17.2. The molecule has 0 bridgehead atoms. The summed E-state index contributed by atoms with van der Waals surface area (Å²) in [6.45, 7) is 6.51. The molecule has 2 aromatic heterocycles. The Balaban J connectivity index is 1.54. The minimum atomic E-state index is 0.519. The molecular formula is C20H23N5. The van der Waals surface area contributed by atoms with Gasteiger partial charge < -0.3 is 10.2 Å². The average molecular weight is 333 g/mol. The van der Waals surface area contributed by atoms with E-state index in [1.54, 1.807) is 0 Å². The summed E-state index contributed by atoms with van der Waals surface area (Å²) in [6, 6.07) is 8.46. The van der Waals surface area contributed by atoms with Gasteiger partial charge in [0, 0.05) is 35.0 Å². The minimum Gasteiger partial charge on any atom is -0.344 e. The second-order valence-electron chi connectivity index (χ2n) is 6.85. The SMILES string of the molecule is C=C(Nc1cc2cc(-c3cn[nH]c3)ccc2cn1)C1CCN(C)CC1. The van der Waals surface area contributed by atoms with Crippen LogP contribution < -0.4 is 5.32 Å². The van der Waals surface area contributed by atoms with E-state index in [0.717, 1.165) is 59.3 Å². The van der Waals surface area contributed by atoms with Gasteiger partial charge in [0.15, 0.2) is 0 Å². The number of hydrogen-bond acceptors (Lipinski definition) is 4. The highest BCUT2D eigenvalue weighted by Crippen LogP contribution is 2.27. The summed E-state index contributed by atoms with van der Waals surface area (Å²) in [5, 5.41) is 12.6. The van der Waals surface area contributed by atoms with Gasteiger partial charge in [-0.1, -0.05) is 18.7 Å². The van der Waals surface area contributed by atoms with E-state index < -0.39 is 0 Å². The van der Waals surface area contributed by atoms with E-state index in [0.29, 0.717) is 5.92 Å². The van der Waals surface area contributed by atoms with Crippen molar-refractivity contribution < 1.29 is 0 Å². The fourth-order valence-corrected chi connectivity index (χ4v) is 3.42. The first kappa shape index (κ1) is 15.8. The zero-order valence-corrected chi connectivity index (χ0v) is 14.5. The van der Waals surface area contributed by atoms with E-state index >= 15 is 0 Å². The van der Waals surface area contributed by atoms with Crippen molar-refractivity contribution in [3.8, 4) is 11.1 Å². The quantitative estimate of drug-likeness (QED) is 0.760. The lowest BCUT2D eigenvalue weighted by atomic mass is 9.94. The number of pyridine rings is 1. The van der Waals surface area contributed by atoms with E-state index in [1.807, 2.05) is 18.6 Å². The highest BCUT2D eigenvalue weighted by atomic mass is 15.1. The molecule has 3 heterocycles. The molecule has 5 heteroatoms. The third-order valence-electron chi connectivity index (χ3n) is 5.05. The summed E-state index contributed by atoms with van der Waals surface area (Å²) >= 11 is 0. The number of nitrogens with one attached hydrogen (secondary N) is 2. The second-order valence-corrected chi connectivity index (χ2v) is 6.85. The van der Waals surface area contributed by atoms with Gasteiger partial charge in [-0.05, 0) is 56.1 Å². The predicted octanol–water partition coefficient (Wildman–Crippen LogP) is 3.89. The number of benzene rings is 1. The molecule has 1 aromatic carbocycles. The summed E-state index contributed by atoms with van der Waals surface area (Å²) in [5.74, 6) is 1.38. The van der Waals surface area contributed by atoms with Crippen molar-refractivity contribution in [1.29, 1.82) is 0 Å². The number of anilines is 1. The molecule has 5 nitrogen and oxygen atoms in total. The summed E-state index contributed by atoms with van der Waals surface area (Å²) in [5.41, 5.74) is 3.31. The minimum absolute atomic E-state index is 0.519. The molecule has 25 heavy (non-hydrogen) atoms. The van der Waals surface area contributed by atoms with Gasteiger partial charge in [0.2, 0.25) is 0 Å². The highest BCUT2D eigenvalue weighted by molar-refractivity contribution is 5.88. The van der Waals surface area contributed by atoms with E-state index in [9.17, 15) is 0 Å². The third-order valence-corrected chi connectivity index (χ3v) is 5.05. The molecule has 2 N–H and O–H groups in total. The Kier molecular flexibility index (Phi) is 4.24. The maximum absolute atomic E-state index is 4.55. The molecule has 1 aliphatic rings. The number of H-pyrrole nitrogens is 1. The van der Waals surface area contributed by atoms with Crippen LogP contribution in [0.15, 0.2) is 55.1 Å². The number of likely N-dealkylation sites (tertiary alicyclic amines) is 1. The molecule has 1 fully saturated rings. The second kappa shape index (κ2) is 6.69. The van der Waals surface area contributed by atoms with Crippen LogP contribution in [0.3, 0.4) is 0 Å². The number of hydrogen-bond donors (Lipinski definition) is 2. The van der Waals surface area contributed by atoms with E-state index in [1.165, 1.54) is 0 Å².